The predicted octanol–water partition coefficient (Wildman–Crippen LogP) is 2.48. The second kappa shape index (κ2) is 8.83. The molecular weight excluding hydrogens is 356 g/mol. The molecule has 0 radical (unpaired) electrons. The Balaban J connectivity index is 2.36. The van der Waals surface area contributed by atoms with Crippen LogP contribution in [0.4, 0.5) is 5.69 Å². The molecule has 1 aromatic carbocycles. The van der Waals surface area contributed by atoms with Crippen LogP contribution in [0.25, 0.3) is 0 Å². The van der Waals surface area contributed by atoms with E-state index in [2.05, 4.69) is 5.32 Å². The largest absolute Gasteiger partial charge is 0.489 e. The van der Waals surface area contributed by atoms with Gasteiger partial charge in [-0.25, -0.2) is 8.42 Å². The lowest BCUT2D eigenvalue weighted by Gasteiger charge is -2.21. The van der Waals surface area contributed by atoms with Crippen molar-refractivity contribution in [2.45, 2.75) is 45.1 Å². The van der Waals surface area contributed by atoms with Gasteiger partial charge in [0.15, 0.2) is 0 Å². The minimum absolute atomic E-state index is 0.106. The molecule has 0 saturated carbocycles. The highest BCUT2D eigenvalue weighted by atomic mass is 32.2. The van der Waals surface area contributed by atoms with E-state index in [1.807, 2.05) is 13.8 Å². The fourth-order valence-electron chi connectivity index (χ4n) is 2.81. The number of hydrogen-bond acceptors (Lipinski definition) is 5. The Hall–Kier alpha value is -1.64. The van der Waals surface area contributed by atoms with Crippen molar-refractivity contribution in [1.82, 2.24) is 4.31 Å². The highest BCUT2D eigenvalue weighted by Gasteiger charge is 2.27. The highest BCUT2D eigenvalue weighted by Crippen LogP contribution is 2.31. The van der Waals surface area contributed by atoms with Gasteiger partial charge in [-0.15, -0.1) is 0 Å². The molecule has 1 unspecified atom stereocenters. The van der Waals surface area contributed by atoms with E-state index >= 15 is 0 Å². The quantitative estimate of drug-likeness (QED) is 0.744. The van der Waals surface area contributed by atoms with Gasteiger partial charge in [0.1, 0.15) is 5.75 Å². The molecule has 146 valence electrons. The second-order valence-electron chi connectivity index (χ2n) is 6.46. The van der Waals surface area contributed by atoms with Gasteiger partial charge in [-0.2, -0.15) is 4.31 Å². The Morgan fingerprint density at radius 1 is 1.35 bits per heavy atom. The zero-order valence-corrected chi connectivity index (χ0v) is 16.6. The minimum atomic E-state index is -3.62. The normalized spacial score (nSPS) is 17.7. The van der Waals surface area contributed by atoms with Crippen molar-refractivity contribution in [3.63, 3.8) is 0 Å². The van der Waals surface area contributed by atoms with Crippen molar-refractivity contribution in [2.24, 2.45) is 5.92 Å². The van der Waals surface area contributed by atoms with E-state index in [4.69, 9.17) is 9.47 Å². The van der Waals surface area contributed by atoms with Gasteiger partial charge in [-0.05, 0) is 38.5 Å². The smallest absolute Gasteiger partial charge is 0.243 e. The Morgan fingerprint density at radius 3 is 2.58 bits per heavy atom. The molecule has 1 aromatic rings. The topological polar surface area (TPSA) is 84.9 Å². The SMILES string of the molecule is CCN(CC)S(=O)(=O)c1ccc(OC(C)C)c(NC(=O)C2CCOC2)c1. The molecule has 1 aliphatic heterocycles. The highest BCUT2D eigenvalue weighted by molar-refractivity contribution is 7.89. The molecule has 0 aliphatic carbocycles. The average molecular weight is 384 g/mol. The number of sulfonamides is 1. The molecule has 0 aromatic heterocycles. The van der Waals surface area contributed by atoms with Crippen molar-refractivity contribution in [3.05, 3.63) is 18.2 Å². The summed E-state index contributed by atoms with van der Waals surface area (Å²) in [6.45, 7) is 9.02. The summed E-state index contributed by atoms with van der Waals surface area (Å²) in [6.07, 6.45) is 0.551. The zero-order valence-electron chi connectivity index (χ0n) is 15.8. The Morgan fingerprint density at radius 2 is 2.04 bits per heavy atom. The molecule has 1 N–H and O–H groups in total. The standard InChI is InChI=1S/C18H28N2O5S/c1-5-20(6-2)26(22,23)15-7-8-17(25-13(3)4)16(11-15)19-18(21)14-9-10-24-12-14/h7-8,11,13-14H,5-6,9-10,12H2,1-4H3,(H,19,21). The van der Waals surface area contributed by atoms with Crippen molar-refractivity contribution < 1.29 is 22.7 Å². The molecule has 1 aliphatic rings. The number of anilines is 1. The summed E-state index contributed by atoms with van der Waals surface area (Å²) < 4.78 is 37.9. The number of benzene rings is 1. The zero-order chi connectivity index (χ0) is 19.3. The molecule has 1 heterocycles. The molecule has 26 heavy (non-hydrogen) atoms. The Labute approximate surface area is 155 Å². The van der Waals surface area contributed by atoms with Gasteiger partial charge in [-0.3, -0.25) is 4.79 Å². The summed E-state index contributed by atoms with van der Waals surface area (Å²) in [5, 5.41) is 2.82. The number of nitrogens with one attached hydrogen (secondary N) is 1. The van der Waals surface area contributed by atoms with Crippen LogP contribution in [0.15, 0.2) is 23.1 Å². The minimum Gasteiger partial charge on any atom is -0.489 e. The van der Waals surface area contributed by atoms with Gasteiger partial charge in [0.2, 0.25) is 15.9 Å². The molecule has 0 spiro atoms. The molecule has 1 amide bonds. The number of ether oxygens (including phenoxy) is 2. The van der Waals surface area contributed by atoms with Gasteiger partial charge in [0.05, 0.1) is 29.2 Å². The molecular formula is C18H28N2O5S. The number of carbonyl (C=O) groups excluding carboxylic acids is 1. The van der Waals surface area contributed by atoms with E-state index in [1.165, 1.54) is 16.4 Å². The lowest BCUT2D eigenvalue weighted by atomic mass is 10.1. The number of rotatable bonds is 8. The summed E-state index contributed by atoms with van der Waals surface area (Å²) in [7, 11) is -3.62. The van der Waals surface area contributed by atoms with Crippen LogP contribution in [0.3, 0.4) is 0 Å². The Kier molecular flexibility index (Phi) is 7.02. The van der Waals surface area contributed by atoms with Crippen LogP contribution in [-0.2, 0) is 19.6 Å². The van der Waals surface area contributed by atoms with Gasteiger partial charge in [-0.1, -0.05) is 13.8 Å². The first-order valence-corrected chi connectivity index (χ1v) is 10.4. The lowest BCUT2D eigenvalue weighted by molar-refractivity contribution is -0.119. The maximum atomic E-state index is 12.8. The maximum Gasteiger partial charge on any atom is 0.243 e. The van der Waals surface area contributed by atoms with Crippen LogP contribution in [0, 0.1) is 5.92 Å². The third kappa shape index (κ3) is 4.75. The third-order valence-corrected chi connectivity index (χ3v) is 6.26. The molecule has 2 rings (SSSR count). The van der Waals surface area contributed by atoms with Crippen LogP contribution >= 0.6 is 0 Å². The summed E-state index contributed by atoms with van der Waals surface area (Å²) in [5.74, 6) is 0.0317. The van der Waals surface area contributed by atoms with Crippen LogP contribution in [0.2, 0.25) is 0 Å². The number of hydrogen-bond donors (Lipinski definition) is 1. The molecule has 1 saturated heterocycles. The van der Waals surface area contributed by atoms with Gasteiger partial charge >= 0.3 is 0 Å². The van der Waals surface area contributed by atoms with Crippen LogP contribution in [0.1, 0.15) is 34.1 Å². The predicted molar refractivity (Wildman–Crippen MR) is 99.9 cm³/mol. The fraction of sp³-hybridized carbons (Fsp3) is 0.611. The monoisotopic (exact) mass is 384 g/mol. The number of carbonyl (C=O) groups is 1. The molecule has 0 bridgehead atoms. The first kappa shape index (κ1) is 20.7. The van der Waals surface area contributed by atoms with Crippen molar-refractivity contribution in [1.29, 1.82) is 0 Å². The summed E-state index contributed by atoms with van der Waals surface area (Å²) in [6, 6.07) is 4.58. The summed E-state index contributed by atoms with van der Waals surface area (Å²) >= 11 is 0. The lowest BCUT2D eigenvalue weighted by Crippen LogP contribution is -2.30. The molecule has 7 nitrogen and oxygen atoms in total. The summed E-state index contributed by atoms with van der Waals surface area (Å²) in [4.78, 5) is 12.6. The van der Waals surface area contributed by atoms with Crippen LogP contribution < -0.4 is 10.1 Å². The van der Waals surface area contributed by atoms with Gasteiger partial charge < -0.3 is 14.8 Å². The van der Waals surface area contributed by atoms with Crippen LogP contribution in [0.5, 0.6) is 5.75 Å². The van der Waals surface area contributed by atoms with E-state index in [1.54, 1.807) is 19.9 Å². The van der Waals surface area contributed by atoms with Crippen molar-refractivity contribution in [2.75, 3.05) is 31.6 Å². The molecule has 1 fully saturated rings. The third-order valence-electron chi connectivity index (χ3n) is 4.22. The van der Waals surface area contributed by atoms with E-state index < -0.39 is 10.0 Å². The van der Waals surface area contributed by atoms with Crippen molar-refractivity contribution in [3.8, 4) is 5.75 Å². The van der Waals surface area contributed by atoms with E-state index in [-0.39, 0.29) is 22.8 Å². The van der Waals surface area contributed by atoms with Crippen molar-refractivity contribution >= 4 is 21.6 Å². The number of amides is 1. The van der Waals surface area contributed by atoms with E-state index in [9.17, 15) is 13.2 Å². The van der Waals surface area contributed by atoms with E-state index in [0.29, 0.717) is 44.2 Å². The first-order chi connectivity index (χ1) is 12.3. The Bertz CT molecular complexity index is 723. The molecule has 8 heteroatoms. The first-order valence-electron chi connectivity index (χ1n) is 8.99. The van der Waals surface area contributed by atoms with E-state index in [0.717, 1.165) is 0 Å². The fourth-order valence-corrected chi connectivity index (χ4v) is 4.30. The van der Waals surface area contributed by atoms with Crippen LogP contribution in [-0.4, -0.2) is 51.0 Å². The average Bonchev–Trinajstić information content (AvgIpc) is 3.11. The van der Waals surface area contributed by atoms with Gasteiger partial charge in [0.25, 0.3) is 0 Å². The van der Waals surface area contributed by atoms with Gasteiger partial charge in [0, 0.05) is 19.7 Å². The number of nitrogens with zero attached hydrogens (tertiary/aromatic N) is 1. The summed E-state index contributed by atoms with van der Waals surface area (Å²) in [5.41, 5.74) is 0.365. The maximum absolute atomic E-state index is 12.8. The second-order valence-corrected chi connectivity index (χ2v) is 8.40. The molecule has 1 atom stereocenters.